The van der Waals surface area contributed by atoms with Crippen molar-refractivity contribution < 1.29 is 28.7 Å². The number of amides is 1. The average molecular weight is 420 g/mol. The van der Waals surface area contributed by atoms with E-state index >= 15 is 0 Å². The highest BCUT2D eigenvalue weighted by molar-refractivity contribution is 6.10. The molecule has 0 saturated carbocycles. The van der Waals surface area contributed by atoms with E-state index < -0.39 is 16.8 Å². The van der Waals surface area contributed by atoms with Gasteiger partial charge in [0.05, 0.1) is 29.4 Å². The second kappa shape index (κ2) is 8.15. The van der Waals surface area contributed by atoms with Crippen LogP contribution in [0.5, 0.6) is 23.0 Å². The maximum Gasteiger partial charge on any atom is 0.341 e. The van der Waals surface area contributed by atoms with Gasteiger partial charge >= 0.3 is 5.97 Å². The third kappa shape index (κ3) is 3.88. The molecular formula is C22H16N2O7. The lowest BCUT2D eigenvalue weighted by atomic mass is 10.1. The van der Waals surface area contributed by atoms with Crippen LogP contribution in [0.2, 0.25) is 0 Å². The number of carbonyl (C=O) groups excluding carboxylic acids is 2. The lowest BCUT2D eigenvalue weighted by Gasteiger charge is -2.14. The Labute approximate surface area is 176 Å². The molecule has 1 aliphatic rings. The van der Waals surface area contributed by atoms with Gasteiger partial charge in [0.1, 0.15) is 16.9 Å². The molecule has 0 spiro atoms. The van der Waals surface area contributed by atoms with Gasteiger partial charge in [-0.2, -0.15) is 0 Å². The van der Waals surface area contributed by atoms with E-state index in [1.54, 1.807) is 43.3 Å². The minimum absolute atomic E-state index is 0.0412. The molecular weight excluding hydrogens is 404 g/mol. The number of nitrogens with one attached hydrogen (secondary N) is 1. The van der Waals surface area contributed by atoms with E-state index in [2.05, 4.69) is 5.32 Å². The summed E-state index contributed by atoms with van der Waals surface area (Å²) in [5.74, 6) is -0.959. The van der Waals surface area contributed by atoms with Crippen molar-refractivity contribution >= 4 is 23.3 Å². The molecule has 0 radical (unpaired) electrons. The van der Waals surface area contributed by atoms with Gasteiger partial charge in [0.15, 0.2) is 17.2 Å². The minimum Gasteiger partial charge on any atom is -0.462 e. The number of ether oxygens (including phenoxy) is 3. The van der Waals surface area contributed by atoms with Crippen molar-refractivity contribution in [2.75, 3.05) is 11.9 Å². The first kappa shape index (κ1) is 19.9. The molecule has 0 atom stereocenters. The zero-order valence-electron chi connectivity index (χ0n) is 16.3. The second-order valence-corrected chi connectivity index (χ2v) is 6.45. The van der Waals surface area contributed by atoms with Gasteiger partial charge in [0.25, 0.3) is 11.6 Å². The van der Waals surface area contributed by atoms with Crippen LogP contribution in [0.1, 0.15) is 27.6 Å². The summed E-state index contributed by atoms with van der Waals surface area (Å²) < 4.78 is 16.7. The Morgan fingerprint density at radius 1 is 1.06 bits per heavy atom. The fourth-order valence-electron chi connectivity index (χ4n) is 3.08. The lowest BCUT2D eigenvalue weighted by Crippen LogP contribution is -2.13. The van der Waals surface area contributed by atoms with Crippen molar-refractivity contribution in [3.05, 3.63) is 81.9 Å². The van der Waals surface area contributed by atoms with Crippen LogP contribution in [0, 0.1) is 10.1 Å². The molecule has 1 aliphatic heterocycles. The van der Waals surface area contributed by atoms with Crippen LogP contribution in [0.15, 0.2) is 60.7 Å². The SMILES string of the molecule is CCOC(=O)c1ccccc1Oc1cc([N+](=O)[O-])cc2c1C(=O)Nc1ccccc1O2. The zero-order valence-corrected chi connectivity index (χ0v) is 16.3. The molecule has 3 aromatic rings. The maximum absolute atomic E-state index is 12.9. The molecule has 0 aliphatic carbocycles. The Bertz CT molecular complexity index is 1210. The van der Waals surface area contributed by atoms with Gasteiger partial charge in [0.2, 0.25) is 0 Å². The maximum atomic E-state index is 12.9. The van der Waals surface area contributed by atoms with Crippen LogP contribution in [0.4, 0.5) is 11.4 Å². The van der Waals surface area contributed by atoms with E-state index in [4.69, 9.17) is 14.2 Å². The number of hydrogen-bond donors (Lipinski definition) is 1. The van der Waals surface area contributed by atoms with Crippen molar-refractivity contribution in [3.63, 3.8) is 0 Å². The van der Waals surface area contributed by atoms with Gasteiger partial charge < -0.3 is 19.5 Å². The van der Waals surface area contributed by atoms with Crippen LogP contribution < -0.4 is 14.8 Å². The Kier molecular flexibility index (Phi) is 5.23. The number of nitro benzene ring substituents is 1. The summed E-state index contributed by atoms with van der Waals surface area (Å²) in [6.45, 7) is 1.83. The van der Waals surface area contributed by atoms with E-state index in [-0.39, 0.29) is 40.7 Å². The molecule has 1 N–H and O–H groups in total. The molecule has 3 aromatic carbocycles. The highest BCUT2D eigenvalue weighted by Gasteiger charge is 2.29. The predicted molar refractivity (Wildman–Crippen MR) is 110 cm³/mol. The van der Waals surface area contributed by atoms with Crippen molar-refractivity contribution in [1.82, 2.24) is 0 Å². The Morgan fingerprint density at radius 3 is 2.58 bits per heavy atom. The van der Waals surface area contributed by atoms with E-state index in [1.165, 1.54) is 12.1 Å². The molecule has 0 aromatic heterocycles. The molecule has 1 heterocycles. The van der Waals surface area contributed by atoms with Crippen LogP contribution in [-0.4, -0.2) is 23.4 Å². The number of benzene rings is 3. The number of fused-ring (bicyclic) bond motifs is 2. The van der Waals surface area contributed by atoms with Crippen LogP contribution >= 0.6 is 0 Å². The van der Waals surface area contributed by atoms with Gasteiger partial charge in [-0.15, -0.1) is 0 Å². The fraction of sp³-hybridized carbons (Fsp3) is 0.0909. The summed E-state index contributed by atoms with van der Waals surface area (Å²) in [6.07, 6.45) is 0. The number of nitrogens with zero attached hydrogens (tertiary/aromatic N) is 1. The van der Waals surface area contributed by atoms with Gasteiger partial charge in [-0.1, -0.05) is 24.3 Å². The normalized spacial score (nSPS) is 11.8. The summed E-state index contributed by atoms with van der Waals surface area (Å²) in [5, 5.41) is 14.2. The highest BCUT2D eigenvalue weighted by Crippen LogP contribution is 2.43. The lowest BCUT2D eigenvalue weighted by molar-refractivity contribution is -0.385. The number of anilines is 1. The highest BCUT2D eigenvalue weighted by atomic mass is 16.6. The first-order chi connectivity index (χ1) is 15.0. The minimum atomic E-state index is -0.623. The monoisotopic (exact) mass is 420 g/mol. The number of para-hydroxylation sites is 3. The molecule has 0 unspecified atom stereocenters. The first-order valence-electron chi connectivity index (χ1n) is 9.32. The molecule has 1 amide bonds. The van der Waals surface area contributed by atoms with E-state index in [0.717, 1.165) is 12.1 Å². The molecule has 4 rings (SSSR count). The zero-order chi connectivity index (χ0) is 22.0. The smallest absolute Gasteiger partial charge is 0.341 e. The first-order valence-corrected chi connectivity index (χ1v) is 9.32. The standard InChI is InChI=1S/C22H16N2O7/c1-2-29-22(26)14-7-3-5-9-16(14)30-18-11-13(24(27)28)12-19-20(18)21(25)23-15-8-4-6-10-17(15)31-19/h3-12H,2H2,1H3,(H,23,25). The van der Waals surface area contributed by atoms with Crippen molar-refractivity contribution in [1.29, 1.82) is 0 Å². The number of rotatable bonds is 5. The van der Waals surface area contributed by atoms with Crippen LogP contribution in [0.25, 0.3) is 0 Å². The third-order valence-corrected chi connectivity index (χ3v) is 4.45. The molecule has 156 valence electrons. The summed E-state index contributed by atoms with van der Waals surface area (Å²) in [7, 11) is 0. The number of non-ortho nitro benzene ring substituents is 1. The number of hydrogen-bond acceptors (Lipinski definition) is 7. The molecule has 0 saturated heterocycles. The predicted octanol–water partition coefficient (Wildman–Crippen LogP) is 4.92. The van der Waals surface area contributed by atoms with E-state index in [9.17, 15) is 19.7 Å². The summed E-state index contributed by atoms with van der Waals surface area (Å²) in [6, 6.07) is 15.2. The van der Waals surface area contributed by atoms with Gasteiger partial charge in [-0.25, -0.2) is 4.79 Å². The fourth-order valence-corrected chi connectivity index (χ4v) is 3.08. The quantitative estimate of drug-likeness (QED) is 0.354. The average Bonchev–Trinajstić information content (AvgIpc) is 2.89. The molecule has 9 nitrogen and oxygen atoms in total. The van der Waals surface area contributed by atoms with Crippen molar-refractivity contribution in [2.24, 2.45) is 0 Å². The van der Waals surface area contributed by atoms with Crippen LogP contribution in [0.3, 0.4) is 0 Å². The summed E-state index contributed by atoms with van der Waals surface area (Å²) in [5.41, 5.74) is 0.141. The second-order valence-electron chi connectivity index (χ2n) is 6.45. The Morgan fingerprint density at radius 2 is 1.81 bits per heavy atom. The molecule has 31 heavy (non-hydrogen) atoms. The Hall–Kier alpha value is -4.40. The number of nitro groups is 1. The third-order valence-electron chi connectivity index (χ3n) is 4.45. The van der Waals surface area contributed by atoms with Crippen molar-refractivity contribution in [2.45, 2.75) is 6.92 Å². The molecule has 9 heteroatoms. The van der Waals surface area contributed by atoms with Gasteiger partial charge in [0, 0.05) is 0 Å². The van der Waals surface area contributed by atoms with E-state index in [1.807, 2.05) is 0 Å². The molecule has 0 fully saturated rings. The van der Waals surface area contributed by atoms with Crippen LogP contribution in [-0.2, 0) is 4.74 Å². The number of carbonyl (C=O) groups is 2. The summed E-state index contributed by atoms with van der Waals surface area (Å²) >= 11 is 0. The van der Waals surface area contributed by atoms with E-state index in [0.29, 0.717) is 11.4 Å². The largest absolute Gasteiger partial charge is 0.462 e. The van der Waals surface area contributed by atoms with Gasteiger partial charge in [-0.05, 0) is 31.2 Å². The van der Waals surface area contributed by atoms with Gasteiger partial charge in [-0.3, -0.25) is 14.9 Å². The van der Waals surface area contributed by atoms with Crippen molar-refractivity contribution in [3.8, 4) is 23.0 Å². The number of esters is 1. The topological polar surface area (TPSA) is 117 Å². The molecule has 0 bridgehead atoms. The summed E-state index contributed by atoms with van der Waals surface area (Å²) in [4.78, 5) is 36.1. The Balaban J connectivity index is 1.84.